The molecule has 0 radical (unpaired) electrons. The van der Waals surface area contributed by atoms with Gasteiger partial charge in [-0.2, -0.15) is 0 Å². The van der Waals surface area contributed by atoms with Gasteiger partial charge in [0.1, 0.15) is 6.61 Å². The summed E-state index contributed by atoms with van der Waals surface area (Å²) in [6, 6.07) is 9.05. The summed E-state index contributed by atoms with van der Waals surface area (Å²) in [7, 11) is 0. The van der Waals surface area contributed by atoms with Gasteiger partial charge in [0.05, 0.1) is 44.0 Å². The summed E-state index contributed by atoms with van der Waals surface area (Å²) in [5.41, 5.74) is 1.43. The van der Waals surface area contributed by atoms with Gasteiger partial charge in [-0.3, -0.25) is 9.36 Å². The van der Waals surface area contributed by atoms with Crippen molar-refractivity contribution in [3.05, 3.63) is 93.6 Å². The van der Waals surface area contributed by atoms with Crippen molar-refractivity contribution in [1.29, 1.82) is 0 Å². The zero-order valence-corrected chi connectivity index (χ0v) is 23.4. The first-order chi connectivity index (χ1) is 18.0. The first-order valence-corrected chi connectivity index (χ1v) is 13.2. The molecule has 0 saturated carbocycles. The summed E-state index contributed by atoms with van der Waals surface area (Å²) in [5.74, 6) is -2.01. The standard InChI is InChI=1S/C26H21Cl3N2O6S/c1-12(2)37-25(35)21-13(3)30-26-31(22(21)15-4-6-16(27)7-5-15)24(34)19(38-26)10-14-8-17(28)23(18(29)9-14)36-11-20(32)33/h4-10,12,22H,11H2,1-3H3,(H,32,33)/p-1/b19-10-/t22-/m1/s1. The van der Waals surface area contributed by atoms with E-state index < -0.39 is 24.6 Å². The fraction of sp³-hybridized carbons (Fsp3) is 0.231. The predicted molar refractivity (Wildman–Crippen MR) is 143 cm³/mol. The molecule has 1 aromatic heterocycles. The van der Waals surface area contributed by atoms with Crippen LogP contribution in [0, 0.1) is 0 Å². The van der Waals surface area contributed by atoms with Gasteiger partial charge in [-0.05, 0) is 62.2 Å². The monoisotopic (exact) mass is 593 g/mol. The molecule has 2 aromatic carbocycles. The Hall–Kier alpha value is -3.11. The second kappa shape index (κ2) is 11.3. The number of benzene rings is 2. The Morgan fingerprint density at radius 1 is 1.16 bits per heavy atom. The number of aliphatic carboxylic acids is 1. The number of carbonyl (C=O) groups is 2. The molecule has 0 N–H and O–H groups in total. The minimum atomic E-state index is -1.43. The lowest BCUT2D eigenvalue weighted by Gasteiger charge is -2.25. The largest absolute Gasteiger partial charge is 0.546 e. The predicted octanol–water partition coefficient (Wildman–Crippen LogP) is 3.28. The minimum absolute atomic E-state index is 0.0113. The molecule has 1 aliphatic rings. The van der Waals surface area contributed by atoms with Gasteiger partial charge in [0.15, 0.2) is 10.6 Å². The van der Waals surface area contributed by atoms with Crippen LogP contribution < -0.4 is 24.7 Å². The molecule has 1 atom stereocenters. The van der Waals surface area contributed by atoms with E-state index in [0.717, 1.165) is 11.3 Å². The van der Waals surface area contributed by atoms with E-state index >= 15 is 0 Å². The van der Waals surface area contributed by atoms with Gasteiger partial charge in [-0.1, -0.05) is 58.3 Å². The first kappa shape index (κ1) is 27.9. The molecule has 0 amide bonds. The number of hydrogen-bond acceptors (Lipinski definition) is 8. The molecular weight excluding hydrogens is 575 g/mol. The number of ether oxygens (including phenoxy) is 2. The maximum atomic E-state index is 13.7. The zero-order chi connectivity index (χ0) is 27.7. The van der Waals surface area contributed by atoms with Crippen LogP contribution in [0.3, 0.4) is 0 Å². The second-order valence-electron chi connectivity index (χ2n) is 8.56. The molecule has 0 bridgehead atoms. The fourth-order valence-electron chi connectivity index (χ4n) is 3.90. The van der Waals surface area contributed by atoms with Crippen LogP contribution in [0.1, 0.15) is 37.9 Å². The van der Waals surface area contributed by atoms with E-state index in [4.69, 9.17) is 44.3 Å². The molecule has 0 unspecified atom stereocenters. The highest BCUT2D eigenvalue weighted by molar-refractivity contribution is 7.07. The maximum Gasteiger partial charge on any atom is 0.338 e. The molecule has 0 saturated heterocycles. The van der Waals surface area contributed by atoms with Crippen molar-refractivity contribution < 1.29 is 24.2 Å². The van der Waals surface area contributed by atoms with Gasteiger partial charge < -0.3 is 19.4 Å². The molecule has 198 valence electrons. The van der Waals surface area contributed by atoms with Gasteiger partial charge in [0, 0.05) is 5.02 Å². The van der Waals surface area contributed by atoms with Crippen molar-refractivity contribution in [3.63, 3.8) is 0 Å². The Morgan fingerprint density at radius 3 is 2.37 bits per heavy atom. The highest BCUT2D eigenvalue weighted by Gasteiger charge is 2.33. The molecule has 8 nitrogen and oxygen atoms in total. The van der Waals surface area contributed by atoms with Crippen molar-refractivity contribution >= 4 is 64.2 Å². The molecule has 4 rings (SSSR count). The van der Waals surface area contributed by atoms with Crippen LogP contribution >= 0.6 is 46.1 Å². The Balaban J connectivity index is 1.86. The number of nitrogens with zero attached hydrogens (tertiary/aromatic N) is 2. The van der Waals surface area contributed by atoms with E-state index in [1.54, 1.807) is 51.1 Å². The number of carboxylic acid groups (broad SMARTS) is 1. The quantitative estimate of drug-likeness (QED) is 0.389. The summed E-state index contributed by atoms with van der Waals surface area (Å²) in [5, 5.41) is 11.3. The maximum absolute atomic E-state index is 13.7. The third-order valence-corrected chi connectivity index (χ3v) is 7.22. The van der Waals surface area contributed by atoms with Crippen LogP contribution in [0.5, 0.6) is 5.75 Å². The fourth-order valence-corrected chi connectivity index (χ4v) is 5.69. The van der Waals surface area contributed by atoms with Gasteiger partial charge in [-0.15, -0.1) is 0 Å². The number of aromatic nitrogens is 1. The van der Waals surface area contributed by atoms with Crippen LogP contribution in [0.15, 0.2) is 57.5 Å². The number of rotatable bonds is 7. The number of halogens is 3. The third kappa shape index (κ3) is 5.81. The number of carbonyl (C=O) groups excluding carboxylic acids is 2. The Kier molecular flexibility index (Phi) is 8.32. The van der Waals surface area contributed by atoms with Gasteiger partial charge in [0.25, 0.3) is 5.56 Å². The molecule has 2 heterocycles. The van der Waals surface area contributed by atoms with E-state index in [1.165, 1.54) is 16.7 Å². The van der Waals surface area contributed by atoms with Crippen molar-refractivity contribution in [2.75, 3.05) is 6.61 Å². The summed E-state index contributed by atoms with van der Waals surface area (Å²) in [6.07, 6.45) is 1.21. The van der Waals surface area contributed by atoms with Crippen LogP contribution in [0.4, 0.5) is 0 Å². The summed E-state index contributed by atoms with van der Waals surface area (Å²) in [6.45, 7) is 4.46. The van der Waals surface area contributed by atoms with Crippen molar-refractivity contribution in [2.45, 2.75) is 32.9 Å². The number of fused-ring (bicyclic) bond motifs is 1. The average molecular weight is 595 g/mol. The van der Waals surface area contributed by atoms with E-state index in [9.17, 15) is 19.5 Å². The normalized spacial score (nSPS) is 15.3. The molecule has 12 heteroatoms. The number of esters is 1. The van der Waals surface area contributed by atoms with Gasteiger partial charge in [0.2, 0.25) is 0 Å². The lowest BCUT2D eigenvalue weighted by Crippen LogP contribution is -2.40. The molecule has 0 aliphatic carbocycles. The van der Waals surface area contributed by atoms with E-state index in [-0.39, 0.29) is 33.0 Å². The smallest absolute Gasteiger partial charge is 0.338 e. The topological polar surface area (TPSA) is 110 Å². The zero-order valence-electron chi connectivity index (χ0n) is 20.3. The number of thiazole rings is 1. The molecule has 1 aliphatic heterocycles. The number of carboxylic acids is 1. The van der Waals surface area contributed by atoms with Gasteiger partial charge in [-0.25, -0.2) is 9.79 Å². The minimum Gasteiger partial charge on any atom is -0.546 e. The lowest BCUT2D eigenvalue weighted by atomic mass is 9.96. The first-order valence-electron chi connectivity index (χ1n) is 11.3. The van der Waals surface area contributed by atoms with E-state index in [0.29, 0.717) is 31.2 Å². The van der Waals surface area contributed by atoms with Crippen molar-refractivity contribution in [2.24, 2.45) is 4.99 Å². The van der Waals surface area contributed by atoms with Crippen LogP contribution in [-0.4, -0.2) is 29.2 Å². The summed E-state index contributed by atoms with van der Waals surface area (Å²) < 4.78 is 12.3. The van der Waals surface area contributed by atoms with Crippen molar-refractivity contribution in [3.8, 4) is 5.75 Å². The summed E-state index contributed by atoms with van der Waals surface area (Å²) >= 11 is 19.7. The third-order valence-electron chi connectivity index (χ3n) is 5.42. The number of hydrogen-bond donors (Lipinski definition) is 0. The molecular formula is C26H20Cl3N2O6S-. The highest BCUT2D eigenvalue weighted by atomic mass is 35.5. The van der Waals surface area contributed by atoms with Crippen LogP contribution in [-0.2, 0) is 14.3 Å². The number of allylic oxidation sites excluding steroid dienone is 1. The Morgan fingerprint density at radius 2 is 1.79 bits per heavy atom. The Labute approximate surface area is 236 Å². The SMILES string of the molecule is CC1=C(C(=O)OC(C)C)[C@@H](c2ccc(Cl)cc2)n2c(s/c(=C\c3cc(Cl)c(OCC(=O)[O-])c(Cl)c3)c2=O)=N1. The van der Waals surface area contributed by atoms with E-state index in [2.05, 4.69) is 4.99 Å². The summed E-state index contributed by atoms with van der Waals surface area (Å²) in [4.78, 5) is 42.5. The molecule has 38 heavy (non-hydrogen) atoms. The van der Waals surface area contributed by atoms with Gasteiger partial charge >= 0.3 is 5.97 Å². The average Bonchev–Trinajstić information content (AvgIpc) is 3.11. The molecule has 0 fully saturated rings. The Bertz CT molecular complexity index is 1620. The highest BCUT2D eigenvalue weighted by Crippen LogP contribution is 2.35. The second-order valence-corrected chi connectivity index (χ2v) is 10.8. The van der Waals surface area contributed by atoms with Crippen LogP contribution in [0.2, 0.25) is 15.1 Å². The van der Waals surface area contributed by atoms with E-state index in [1.807, 2.05) is 0 Å². The molecule has 0 spiro atoms. The van der Waals surface area contributed by atoms with Crippen molar-refractivity contribution in [1.82, 2.24) is 4.57 Å². The van der Waals surface area contributed by atoms with Crippen LogP contribution in [0.25, 0.3) is 6.08 Å². The molecule has 3 aromatic rings. The lowest BCUT2D eigenvalue weighted by molar-refractivity contribution is -0.307.